The van der Waals surface area contributed by atoms with Crippen LogP contribution in [0.25, 0.3) is 0 Å². The van der Waals surface area contributed by atoms with Gasteiger partial charge in [-0.2, -0.15) is 0 Å². The molecule has 3 rings (SSSR count). The molecule has 2 heterocycles. The Morgan fingerprint density at radius 3 is 2.42 bits per heavy atom. The number of nitrogens with zero attached hydrogens (tertiary/aromatic N) is 2. The van der Waals surface area contributed by atoms with Gasteiger partial charge in [-0.15, -0.1) is 0 Å². The monoisotopic (exact) mass is 349 g/mol. The summed E-state index contributed by atoms with van der Waals surface area (Å²) in [6, 6.07) is 8.05. The smallest absolute Gasteiger partial charge is 0.263 e. The van der Waals surface area contributed by atoms with Gasteiger partial charge in [-0.25, -0.2) is 0 Å². The molecule has 0 saturated heterocycles. The van der Waals surface area contributed by atoms with Crippen LogP contribution < -0.4 is 5.32 Å². The Labute approximate surface area is 151 Å². The van der Waals surface area contributed by atoms with Crippen molar-refractivity contribution in [2.24, 2.45) is 0 Å². The minimum absolute atomic E-state index is 0.139. The van der Waals surface area contributed by atoms with Crippen molar-refractivity contribution in [1.82, 2.24) is 9.88 Å². The molecule has 1 aromatic carbocycles. The molecule has 6 nitrogen and oxygen atoms in total. The molecular formula is C20H19N3O3. The molecule has 0 aliphatic carbocycles. The van der Waals surface area contributed by atoms with Crippen LogP contribution >= 0.6 is 0 Å². The second-order valence-electron chi connectivity index (χ2n) is 6.32. The number of nitrogens with one attached hydrogen (secondary N) is 1. The number of hydrogen-bond donors (Lipinski definition) is 1. The second-order valence-corrected chi connectivity index (χ2v) is 6.32. The van der Waals surface area contributed by atoms with Gasteiger partial charge in [0.05, 0.1) is 17.2 Å². The summed E-state index contributed by atoms with van der Waals surface area (Å²) in [5.41, 5.74) is 3.05. The molecule has 1 aliphatic rings. The average Bonchev–Trinajstić information content (AvgIpc) is 2.87. The van der Waals surface area contributed by atoms with Crippen molar-refractivity contribution in [2.45, 2.75) is 26.3 Å². The van der Waals surface area contributed by atoms with E-state index in [0.717, 1.165) is 21.8 Å². The highest BCUT2D eigenvalue weighted by Crippen LogP contribution is 2.24. The Kier molecular flexibility index (Phi) is 4.67. The number of ketones is 1. The standard InChI is InChI=1S/C20H19N3O3/c1-12(2)22-15-6-4-14(5-7-15)10-18(24)13(3)23-19(25)16-8-9-21-11-17(16)20(23)26/h4-9,11,13,22H,1,10H2,2-3H3. The summed E-state index contributed by atoms with van der Waals surface area (Å²) in [6.07, 6.45) is 2.96. The molecule has 1 unspecified atom stereocenters. The van der Waals surface area contributed by atoms with Gasteiger partial charge < -0.3 is 5.32 Å². The molecule has 0 radical (unpaired) electrons. The van der Waals surface area contributed by atoms with Crippen molar-refractivity contribution in [3.63, 3.8) is 0 Å². The first-order valence-corrected chi connectivity index (χ1v) is 8.24. The van der Waals surface area contributed by atoms with E-state index >= 15 is 0 Å². The van der Waals surface area contributed by atoms with E-state index in [4.69, 9.17) is 0 Å². The number of allylic oxidation sites excluding steroid dienone is 1. The van der Waals surface area contributed by atoms with Crippen LogP contribution in [0.2, 0.25) is 0 Å². The fraction of sp³-hybridized carbons (Fsp3) is 0.200. The summed E-state index contributed by atoms with van der Waals surface area (Å²) in [6.45, 7) is 7.22. The summed E-state index contributed by atoms with van der Waals surface area (Å²) in [5.74, 6) is -1.12. The van der Waals surface area contributed by atoms with E-state index in [9.17, 15) is 14.4 Å². The van der Waals surface area contributed by atoms with Crippen molar-refractivity contribution in [3.8, 4) is 0 Å². The zero-order chi connectivity index (χ0) is 18.8. The van der Waals surface area contributed by atoms with E-state index in [1.54, 1.807) is 6.92 Å². The van der Waals surface area contributed by atoms with Crippen molar-refractivity contribution in [2.75, 3.05) is 5.32 Å². The van der Waals surface area contributed by atoms with Crippen molar-refractivity contribution in [3.05, 3.63) is 71.7 Å². The Morgan fingerprint density at radius 2 is 1.81 bits per heavy atom. The van der Waals surface area contributed by atoms with Crippen LogP contribution in [0, 0.1) is 0 Å². The van der Waals surface area contributed by atoms with Crippen molar-refractivity contribution < 1.29 is 14.4 Å². The lowest BCUT2D eigenvalue weighted by Crippen LogP contribution is -2.43. The first kappa shape index (κ1) is 17.5. The molecule has 26 heavy (non-hydrogen) atoms. The van der Waals surface area contributed by atoms with Crippen LogP contribution in [0.15, 0.2) is 55.0 Å². The summed E-state index contributed by atoms with van der Waals surface area (Å²) in [4.78, 5) is 42.4. The van der Waals surface area contributed by atoms with Crippen LogP contribution in [0.5, 0.6) is 0 Å². The molecule has 1 aliphatic heterocycles. The topological polar surface area (TPSA) is 79.4 Å². The Balaban J connectivity index is 1.72. The molecule has 0 fully saturated rings. The highest BCUT2D eigenvalue weighted by molar-refractivity contribution is 6.22. The number of amides is 2. The second kappa shape index (κ2) is 6.92. The van der Waals surface area contributed by atoms with E-state index in [2.05, 4.69) is 16.9 Å². The quantitative estimate of drug-likeness (QED) is 0.811. The van der Waals surface area contributed by atoms with Crippen LogP contribution in [0.1, 0.15) is 40.1 Å². The van der Waals surface area contributed by atoms with Gasteiger partial charge in [-0.1, -0.05) is 18.7 Å². The lowest BCUT2D eigenvalue weighted by molar-refractivity contribution is -0.121. The number of hydrogen-bond acceptors (Lipinski definition) is 5. The number of carbonyl (C=O) groups excluding carboxylic acids is 3. The van der Waals surface area contributed by atoms with Gasteiger partial charge in [0.2, 0.25) is 0 Å². The Hall–Kier alpha value is -3.28. The van der Waals surface area contributed by atoms with E-state index in [-0.39, 0.29) is 17.8 Å². The van der Waals surface area contributed by atoms with Crippen molar-refractivity contribution in [1.29, 1.82) is 0 Å². The predicted molar refractivity (Wildman–Crippen MR) is 97.8 cm³/mol. The van der Waals surface area contributed by atoms with Gasteiger partial charge in [0, 0.05) is 30.2 Å². The van der Waals surface area contributed by atoms with E-state index in [1.165, 1.54) is 18.5 Å². The number of imide groups is 1. The Bertz CT molecular complexity index is 868. The number of rotatable bonds is 6. The fourth-order valence-electron chi connectivity index (χ4n) is 2.90. The minimum Gasteiger partial charge on any atom is -0.360 e. The first-order valence-electron chi connectivity index (χ1n) is 8.24. The molecule has 1 atom stereocenters. The maximum atomic E-state index is 12.6. The number of anilines is 1. The zero-order valence-corrected chi connectivity index (χ0v) is 14.7. The third-order valence-corrected chi connectivity index (χ3v) is 4.26. The average molecular weight is 349 g/mol. The molecule has 2 aromatic rings. The molecule has 1 N–H and O–H groups in total. The number of fused-ring (bicyclic) bond motifs is 1. The molecule has 132 valence electrons. The number of pyridine rings is 1. The molecule has 0 saturated carbocycles. The maximum Gasteiger partial charge on any atom is 0.263 e. The number of Topliss-reactive ketones (excluding diaryl/α,β-unsaturated/α-hetero) is 1. The molecule has 0 bridgehead atoms. The fourth-order valence-corrected chi connectivity index (χ4v) is 2.90. The van der Waals surface area contributed by atoms with Crippen LogP contribution in [-0.2, 0) is 11.2 Å². The van der Waals surface area contributed by atoms with Gasteiger partial charge in [0.15, 0.2) is 5.78 Å². The van der Waals surface area contributed by atoms with Gasteiger partial charge in [0.25, 0.3) is 11.8 Å². The molecule has 2 amide bonds. The van der Waals surface area contributed by atoms with E-state index in [0.29, 0.717) is 5.56 Å². The summed E-state index contributed by atoms with van der Waals surface area (Å²) in [7, 11) is 0. The number of aromatic nitrogens is 1. The van der Waals surface area contributed by atoms with Crippen LogP contribution in [-0.4, -0.2) is 33.5 Å². The Morgan fingerprint density at radius 1 is 1.15 bits per heavy atom. The third kappa shape index (κ3) is 3.26. The summed E-state index contributed by atoms with van der Waals surface area (Å²) < 4.78 is 0. The van der Waals surface area contributed by atoms with Gasteiger partial charge in [0.1, 0.15) is 0 Å². The highest BCUT2D eigenvalue weighted by Gasteiger charge is 2.40. The van der Waals surface area contributed by atoms with Crippen molar-refractivity contribution >= 4 is 23.3 Å². The SMILES string of the molecule is C=C(C)Nc1ccc(CC(=O)C(C)N2C(=O)c3ccncc3C2=O)cc1. The molecular weight excluding hydrogens is 330 g/mol. The molecule has 6 heteroatoms. The van der Waals surface area contributed by atoms with Crippen LogP contribution in [0.3, 0.4) is 0 Å². The van der Waals surface area contributed by atoms with Gasteiger partial charge in [-0.3, -0.25) is 24.3 Å². The van der Waals surface area contributed by atoms with Gasteiger partial charge >= 0.3 is 0 Å². The molecule has 0 spiro atoms. The largest absolute Gasteiger partial charge is 0.360 e. The van der Waals surface area contributed by atoms with Gasteiger partial charge in [-0.05, 0) is 37.6 Å². The van der Waals surface area contributed by atoms with Crippen LogP contribution in [0.4, 0.5) is 5.69 Å². The third-order valence-electron chi connectivity index (χ3n) is 4.26. The summed E-state index contributed by atoms with van der Waals surface area (Å²) >= 11 is 0. The number of benzene rings is 1. The number of carbonyl (C=O) groups is 3. The van der Waals surface area contributed by atoms with E-state index in [1.807, 2.05) is 31.2 Å². The lowest BCUT2D eigenvalue weighted by atomic mass is 10.0. The normalized spacial score (nSPS) is 14.2. The maximum absolute atomic E-state index is 12.6. The first-order chi connectivity index (χ1) is 12.4. The highest BCUT2D eigenvalue weighted by atomic mass is 16.2. The minimum atomic E-state index is -0.837. The summed E-state index contributed by atoms with van der Waals surface area (Å²) in [5, 5.41) is 3.09. The molecule has 1 aromatic heterocycles. The lowest BCUT2D eigenvalue weighted by Gasteiger charge is -2.21. The zero-order valence-electron chi connectivity index (χ0n) is 14.7. The predicted octanol–water partition coefficient (Wildman–Crippen LogP) is 2.82. The van der Waals surface area contributed by atoms with E-state index < -0.39 is 17.9 Å².